The van der Waals surface area contributed by atoms with Crippen LogP contribution in [-0.4, -0.2) is 48.3 Å². The van der Waals surface area contributed by atoms with Gasteiger partial charge in [-0.2, -0.15) is 0 Å². The number of hydrogen-bond donors (Lipinski definition) is 2. The Hall–Kier alpha value is -0.120. The van der Waals surface area contributed by atoms with Crippen LogP contribution in [0, 0.1) is 5.92 Å². The van der Waals surface area contributed by atoms with E-state index in [0.29, 0.717) is 12.6 Å². The van der Waals surface area contributed by atoms with Crippen molar-refractivity contribution in [2.75, 3.05) is 26.7 Å². The first-order valence-corrected chi connectivity index (χ1v) is 8.75. The average molecular weight is 282 g/mol. The van der Waals surface area contributed by atoms with Crippen LogP contribution < -0.4 is 5.32 Å². The number of hydrogen-bond acceptors (Lipinski definition) is 3. The summed E-state index contributed by atoms with van der Waals surface area (Å²) >= 11 is 0. The van der Waals surface area contributed by atoms with Crippen molar-refractivity contribution < 1.29 is 5.11 Å². The van der Waals surface area contributed by atoms with Crippen molar-refractivity contribution in [3.05, 3.63) is 0 Å². The van der Waals surface area contributed by atoms with Crippen LogP contribution in [0.5, 0.6) is 0 Å². The summed E-state index contributed by atoms with van der Waals surface area (Å²) in [5.41, 5.74) is 0.00149. The van der Waals surface area contributed by atoms with E-state index < -0.39 is 0 Å². The van der Waals surface area contributed by atoms with Crippen LogP contribution in [0.25, 0.3) is 0 Å². The van der Waals surface area contributed by atoms with Crippen LogP contribution in [0.2, 0.25) is 0 Å². The van der Waals surface area contributed by atoms with E-state index in [4.69, 9.17) is 0 Å². The molecule has 2 N–H and O–H groups in total. The summed E-state index contributed by atoms with van der Waals surface area (Å²) < 4.78 is 0. The standard InChI is InChI=1S/C17H34N2O/c1-3-11-18-17(14-20)10-9-16(12-17)19(2)13-15-7-5-4-6-8-15/h15-16,18,20H,3-14H2,1-2H3. The molecule has 0 saturated heterocycles. The van der Waals surface area contributed by atoms with E-state index in [1.165, 1.54) is 45.1 Å². The molecule has 2 unspecified atom stereocenters. The van der Waals surface area contributed by atoms with E-state index in [0.717, 1.165) is 31.7 Å². The zero-order chi connectivity index (χ0) is 14.4. The second-order valence-corrected chi connectivity index (χ2v) is 7.21. The lowest BCUT2D eigenvalue weighted by molar-refractivity contribution is 0.140. The summed E-state index contributed by atoms with van der Waals surface area (Å²) in [7, 11) is 2.30. The normalized spacial score (nSPS) is 32.1. The molecule has 0 bridgehead atoms. The minimum atomic E-state index is 0.00149. The molecule has 0 spiro atoms. The van der Waals surface area contributed by atoms with Gasteiger partial charge in [0.1, 0.15) is 0 Å². The van der Waals surface area contributed by atoms with Gasteiger partial charge in [0.25, 0.3) is 0 Å². The second kappa shape index (κ2) is 7.77. The predicted molar refractivity (Wildman–Crippen MR) is 85.0 cm³/mol. The highest BCUT2D eigenvalue weighted by Crippen LogP contribution is 2.34. The molecule has 20 heavy (non-hydrogen) atoms. The molecule has 2 aliphatic carbocycles. The molecule has 118 valence electrons. The molecule has 0 radical (unpaired) electrons. The van der Waals surface area contributed by atoms with Gasteiger partial charge in [-0.3, -0.25) is 0 Å². The molecule has 0 heterocycles. The number of aliphatic hydroxyl groups excluding tert-OH is 1. The zero-order valence-electron chi connectivity index (χ0n) is 13.5. The number of nitrogens with one attached hydrogen (secondary N) is 1. The molecule has 2 fully saturated rings. The van der Waals surface area contributed by atoms with Crippen LogP contribution in [0.15, 0.2) is 0 Å². The Bertz CT molecular complexity index is 278. The van der Waals surface area contributed by atoms with Gasteiger partial charge in [-0.15, -0.1) is 0 Å². The van der Waals surface area contributed by atoms with E-state index in [2.05, 4.69) is 24.2 Å². The van der Waals surface area contributed by atoms with Crippen molar-refractivity contribution >= 4 is 0 Å². The molecule has 3 nitrogen and oxygen atoms in total. The lowest BCUT2D eigenvalue weighted by atomic mass is 9.88. The molecule has 2 aliphatic rings. The summed E-state index contributed by atoms with van der Waals surface area (Å²) in [5.74, 6) is 0.918. The van der Waals surface area contributed by atoms with Gasteiger partial charge < -0.3 is 15.3 Å². The molecule has 0 aliphatic heterocycles. The Kier molecular flexibility index (Phi) is 6.31. The molecule has 0 aromatic carbocycles. The lowest BCUT2D eigenvalue weighted by Gasteiger charge is -2.33. The van der Waals surface area contributed by atoms with Crippen LogP contribution in [-0.2, 0) is 0 Å². The smallest absolute Gasteiger partial charge is 0.0613 e. The van der Waals surface area contributed by atoms with Gasteiger partial charge in [-0.1, -0.05) is 26.2 Å². The van der Waals surface area contributed by atoms with Crippen LogP contribution >= 0.6 is 0 Å². The first-order valence-electron chi connectivity index (χ1n) is 8.75. The van der Waals surface area contributed by atoms with Gasteiger partial charge in [-0.05, 0) is 58.0 Å². The van der Waals surface area contributed by atoms with Gasteiger partial charge in [0.2, 0.25) is 0 Å². The van der Waals surface area contributed by atoms with Crippen molar-refractivity contribution in [3.8, 4) is 0 Å². The predicted octanol–water partition coefficient (Wildman–Crippen LogP) is 2.78. The van der Waals surface area contributed by atoms with Crippen molar-refractivity contribution in [2.24, 2.45) is 5.92 Å². The van der Waals surface area contributed by atoms with Gasteiger partial charge in [-0.25, -0.2) is 0 Å². The lowest BCUT2D eigenvalue weighted by Crippen LogP contribution is -2.48. The second-order valence-electron chi connectivity index (χ2n) is 7.21. The summed E-state index contributed by atoms with van der Waals surface area (Å²) in [6.07, 6.45) is 11.8. The SMILES string of the molecule is CCCNC1(CO)CCC(N(C)CC2CCCCC2)C1. The zero-order valence-corrected chi connectivity index (χ0v) is 13.5. The highest BCUT2D eigenvalue weighted by molar-refractivity contribution is 4.99. The highest BCUT2D eigenvalue weighted by Gasteiger charge is 2.39. The first kappa shape index (κ1) is 16.3. The Balaban J connectivity index is 1.80. The van der Waals surface area contributed by atoms with Crippen LogP contribution in [0.1, 0.15) is 64.7 Å². The van der Waals surface area contributed by atoms with Crippen LogP contribution in [0.3, 0.4) is 0 Å². The number of rotatable bonds is 7. The number of aliphatic hydroxyl groups is 1. The summed E-state index contributed by atoms with van der Waals surface area (Å²) in [6, 6.07) is 0.661. The fourth-order valence-corrected chi connectivity index (χ4v) is 4.15. The maximum atomic E-state index is 9.78. The van der Waals surface area contributed by atoms with E-state index in [1.807, 2.05) is 0 Å². The third kappa shape index (κ3) is 4.19. The fourth-order valence-electron chi connectivity index (χ4n) is 4.15. The Morgan fingerprint density at radius 2 is 1.95 bits per heavy atom. The third-order valence-corrected chi connectivity index (χ3v) is 5.53. The average Bonchev–Trinajstić information content (AvgIpc) is 2.91. The first-order chi connectivity index (χ1) is 9.69. The van der Waals surface area contributed by atoms with Crippen molar-refractivity contribution in [1.29, 1.82) is 0 Å². The Morgan fingerprint density at radius 1 is 1.20 bits per heavy atom. The largest absolute Gasteiger partial charge is 0.394 e. The molecule has 3 heteroatoms. The number of nitrogens with zero attached hydrogens (tertiary/aromatic N) is 1. The van der Waals surface area contributed by atoms with Crippen molar-refractivity contribution in [3.63, 3.8) is 0 Å². The quantitative estimate of drug-likeness (QED) is 0.754. The maximum absolute atomic E-state index is 9.78. The van der Waals surface area contributed by atoms with E-state index >= 15 is 0 Å². The van der Waals surface area contributed by atoms with Gasteiger partial charge in [0.05, 0.1) is 6.61 Å². The Labute approximate surface area is 125 Å². The molecule has 2 saturated carbocycles. The van der Waals surface area contributed by atoms with Gasteiger partial charge in [0.15, 0.2) is 0 Å². The van der Waals surface area contributed by atoms with E-state index in [9.17, 15) is 5.11 Å². The molecular formula is C17H34N2O. The monoisotopic (exact) mass is 282 g/mol. The molecule has 0 amide bonds. The third-order valence-electron chi connectivity index (χ3n) is 5.53. The topological polar surface area (TPSA) is 35.5 Å². The minimum absolute atomic E-state index is 0.00149. The molecule has 0 aromatic heterocycles. The van der Waals surface area contributed by atoms with Gasteiger partial charge in [0, 0.05) is 18.1 Å². The molecule has 2 atom stereocenters. The van der Waals surface area contributed by atoms with E-state index in [1.54, 1.807) is 0 Å². The highest BCUT2D eigenvalue weighted by atomic mass is 16.3. The van der Waals surface area contributed by atoms with Crippen LogP contribution in [0.4, 0.5) is 0 Å². The molecule has 0 aromatic rings. The fraction of sp³-hybridized carbons (Fsp3) is 1.00. The van der Waals surface area contributed by atoms with Crippen molar-refractivity contribution in [1.82, 2.24) is 10.2 Å². The van der Waals surface area contributed by atoms with E-state index in [-0.39, 0.29) is 5.54 Å². The maximum Gasteiger partial charge on any atom is 0.0613 e. The molecule has 2 rings (SSSR count). The summed E-state index contributed by atoms with van der Waals surface area (Å²) in [5, 5.41) is 13.4. The Morgan fingerprint density at radius 3 is 2.60 bits per heavy atom. The minimum Gasteiger partial charge on any atom is -0.394 e. The summed E-state index contributed by atoms with van der Waals surface area (Å²) in [4.78, 5) is 2.58. The molecular weight excluding hydrogens is 248 g/mol. The summed E-state index contributed by atoms with van der Waals surface area (Å²) in [6.45, 7) is 4.78. The van der Waals surface area contributed by atoms with Crippen molar-refractivity contribution in [2.45, 2.75) is 76.3 Å². The van der Waals surface area contributed by atoms with Gasteiger partial charge >= 0.3 is 0 Å².